The van der Waals surface area contributed by atoms with Crippen LogP contribution in [0.4, 0.5) is 11.5 Å². The van der Waals surface area contributed by atoms with Crippen LogP contribution in [0.3, 0.4) is 0 Å². The number of hydrogen-bond acceptors (Lipinski definition) is 4. The summed E-state index contributed by atoms with van der Waals surface area (Å²) in [6, 6.07) is 15.0. The molecule has 96 valence electrons. The minimum Gasteiger partial charge on any atom is -0.283 e. The lowest BCUT2D eigenvalue weighted by Crippen LogP contribution is -1.81. The Morgan fingerprint density at radius 2 is 1.90 bits per heavy atom. The summed E-state index contributed by atoms with van der Waals surface area (Å²) in [6.45, 7) is 1.89. The fourth-order valence-electron chi connectivity index (χ4n) is 1.98. The summed E-state index contributed by atoms with van der Waals surface area (Å²) in [7, 11) is 0. The van der Waals surface area contributed by atoms with E-state index in [1.54, 1.807) is 18.2 Å². The van der Waals surface area contributed by atoms with Crippen LogP contribution in [0.5, 0.6) is 0 Å². The van der Waals surface area contributed by atoms with Crippen molar-refractivity contribution in [2.75, 3.05) is 0 Å². The van der Waals surface area contributed by atoms with E-state index in [1.165, 1.54) is 0 Å². The largest absolute Gasteiger partial charge is 0.283 e. The molecule has 0 saturated heterocycles. The molecule has 0 aliphatic heterocycles. The maximum atomic E-state index is 9.03. The number of nitrogens with zero attached hydrogens (tertiary/aromatic N) is 5. The molecule has 20 heavy (non-hydrogen) atoms. The SMILES string of the molecule is Cc1nc2ccccn2c1N=Nc1ccccc1C#N. The number of benzene rings is 1. The molecule has 0 saturated carbocycles. The van der Waals surface area contributed by atoms with Crippen molar-refractivity contribution in [1.82, 2.24) is 9.38 Å². The van der Waals surface area contributed by atoms with Crippen molar-refractivity contribution < 1.29 is 0 Å². The normalized spacial score (nSPS) is 11.0. The number of imidazole rings is 1. The van der Waals surface area contributed by atoms with Crippen molar-refractivity contribution in [2.24, 2.45) is 10.2 Å². The Balaban J connectivity index is 2.07. The lowest BCUT2D eigenvalue weighted by molar-refractivity contribution is 1.09. The fraction of sp³-hybridized carbons (Fsp3) is 0.0667. The molecule has 2 aromatic heterocycles. The van der Waals surface area contributed by atoms with Gasteiger partial charge >= 0.3 is 0 Å². The van der Waals surface area contributed by atoms with Crippen molar-refractivity contribution in [1.29, 1.82) is 5.26 Å². The average molecular weight is 261 g/mol. The second-order valence-electron chi connectivity index (χ2n) is 4.28. The van der Waals surface area contributed by atoms with E-state index in [-0.39, 0.29) is 0 Å². The van der Waals surface area contributed by atoms with Crippen LogP contribution >= 0.6 is 0 Å². The molecule has 5 heteroatoms. The molecule has 0 aliphatic carbocycles. The van der Waals surface area contributed by atoms with E-state index < -0.39 is 0 Å². The van der Waals surface area contributed by atoms with E-state index in [9.17, 15) is 0 Å². The van der Waals surface area contributed by atoms with Gasteiger partial charge in [-0.3, -0.25) is 4.40 Å². The minimum atomic E-state index is 0.503. The molecule has 3 aromatic rings. The van der Waals surface area contributed by atoms with Crippen molar-refractivity contribution in [3.8, 4) is 6.07 Å². The lowest BCUT2D eigenvalue weighted by atomic mass is 10.2. The summed E-state index contributed by atoms with van der Waals surface area (Å²) in [5.74, 6) is 0.674. The summed E-state index contributed by atoms with van der Waals surface area (Å²) < 4.78 is 1.87. The quantitative estimate of drug-likeness (QED) is 0.656. The Kier molecular flexibility index (Phi) is 2.98. The van der Waals surface area contributed by atoms with Gasteiger partial charge in [0.15, 0.2) is 5.82 Å². The monoisotopic (exact) mass is 261 g/mol. The molecule has 0 aliphatic rings. The van der Waals surface area contributed by atoms with E-state index in [2.05, 4.69) is 21.3 Å². The van der Waals surface area contributed by atoms with E-state index >= 15 is 0 Å². The highest BCUT2D eigenvalue weighted by atomic mass is 15.2. The molecule has 0 N–H and O–H groups in total. The number of fused-ring (bicyclic) bond motifs is 1. The highest BCUT2D eigenvalue weighted by Crippen LogP contribution is 2.24. The zero-order valence-electron chi connectivity index (χ0n) is 10.9. The maximum Gasteiger partial charge on any atom is 0.182 e. The first kappa shape index (κ1) is 12.1. The summed E-state index contributed by atoms with van der Waals surface area (Å²) >= 11 is 0. The summed E-state index contributed by atoms with van der Waals surface area (Å²) in [6.07, 6.45) is 1.89. The molecule has 3 rings (SSSR count). The number of aryl methyl sites for hydroxylation is 1. The number of rotatable bonds is 2. The van der Waals surface area contributed by atoms with Crippen molar-refractivity contribution in [2.45, 2.75) is 6.92 Å². The van der Waals surface area contributed by atoms with Gasteiger partial charge in [-0.2, -0.15) is 5.26 Å². The Bertz CT molecular complexity index is 839. The van der Waals surface area contributed by atoms with Crippen LogP contribution in [-0.4, -0.2) is 9.38 Å². The van der Waals surface area contributed by atoms with Gasteiger partial charge in [0, 0.05) is 6.20 Å². The first-order valence-corrected chi connectivity index (χ1v) is 6.14. The molecular weight excluding hydrogens is 250 g/mol. The van der Waals surface area contributed by atoms with Gasteiger partial charge in [0.1, 0.15) is 17.4 Å². The molecule has 0 spiro atoms. The van der Waals surface area contributed by atoms with Gasteiger partial charge in [-0.05, 0) is 31.2 Å². The van der Waals surface area contributed by atoms with E-state index in [4.69, 9.17) is 5.26 Å². The fourth-order valence-corrected chi connectivity index (χ4v) is 1.98. The molecule has 5 nitrogen and oxygen atoms in total. The highest BCUT2D eigenvalue weighted by molar-refractivity contribution is 5.54. The lowest BCUT2D eigenvalue weighted by Gasteiger charge is -1.97. The molecule has 0 bridgehead atoms. The van der Waals surface area contributed by atoms with Crippen molar-refractivity contribution in [3.05, 3.63) is 59.9 Å². The molecular formula is C15H11N5. The molecule has 2 heterocycles. The number of pyridine rings is 1. The van der Waals surface area contributed by atoms with Gasteiger partial charge in [0.05, 0.1) is 11.3 Å². The molecule has 0 atom stereocenters. The second kappa shape index (κ2) is 4.94. The number of nitriles is 1. The number of hydrogen-bond donors (Lipinski definition) is 0. The van der Waals surface area contributed by atoms with Gasteiger partial charge in [-0.15, -0.1) is 10.2 Å². The highest BCUT2D eigenvalue weighted by Gasteiger charge is 2.07. The van der Waals surface area contributed by atoms with Gasteiger partial charge in [-0.1, -0.05) is 18.2 Å². The van der Waals surface area contributed by atoms with Gasteiger partial charge < -0.3 is 0 Å². The predicted octanol–water partition coefficient (Wildman–Crippen LogP) is 3.93. The van der Waals surface area contributed by atoms with E-state index in [1.807, 2.05) is 41.8 Å². The Hall–Kier alpha value is -3.00. The van der Waals surface area contributed by atoms with Gasteiger partial charge in [0.2, 0.25) is 0 Å². The van der Waals surface area contributed by atoms with Crippen LogP contribution in [0.1, 0.15) is 11.3 Å². The van der Waals surface area contributed by atoms with Crippen LogP contribution in [-0.2, 0) is 0 Å². The Labute approximate surface area is 115 Å². The van der Waals surface area contributed by atoms with Crippen LogP contribution in [0.2, 0.25) is 0 Å². The van der Waals surface area contributed by atoms with E-state index in [0.29, 0.717) is 17.1 Å². The molecule has 0 radical (unpaired) electrons. The van der Waals surface area contributed by atoms with Crippen LogP contribution in [0.25, 0.3) is 5.65 Å². The van der Waals surface area contributed by atoms with Gasteiger partial charge in [-0.25, -0.2) is 4.98 Å². The number of azo groups is 1. The summed E-state index contributed by atoms with van der Waals surface area (Å²) in [4.78, 5) is 4.41. The summed E-state index contributed by atoms with van der Waals surface area (Å²) in [5.41, 5.74) is 2.69. The van der Waals surface area contributed by atoms with Crippen molar-refractivity contribution >= 4 is 17.2 Å². The molecule has 1 aromatic carbocycles. The molecule has 0 fully saturated rings. The number of aromatic nitrogens is 2. The third-order valence-electron chi connectivity index (χ3n) is 2.95. The Morgan fingerprint density at radius 3 is 2.75 bits per heavy atom. The van der Waals surface area contributed by atoms with Crippen molar-refractivity contribution in [3.63, 3.8) is 0 Å². The zero-order valence-corrected chi connectivity index (χ0v) is 10.9. The first-order chi connectivity index (χ1) is 9.79. The third kappa shape index (κ3) is 2.04. The van der Waals surface area contributed by atoms with E-state index in [0.717, 1.165) is 11.3 Å². The molecule has 0 unspecified atom stereocenters. The molecule has 0 amide bonds. The van der Waals surface area contributed by atoms with Gasteiger partial charge in [0.25, 0.3) is 0 Å². The standard InChI is InChI=1S/C15H11N5/c1-11-15(20-9-5-4-8-14(20)17-11)19-18-13-7-3-2-6-12(13)10-16/h2-9H,1H3. The topological polar surface area (TPSA) is 65.8 Å². The first-order valence-electron chi connectivity index (χ1n) is 6.14. The smallest absolute Gasteiger partial charge is 0.182 e. The van der Waals surface area contributed by atoms with Crippen LogP contribution in [0, 0.1) is 18.3 Å². The van der Waals surface area contributed by atoms with Crippen LogP contribution in [0.15, 0.2) is 58.9 Å². The summed E-state index contributed by atoms with van der Waals surface area (Å²) in [5, 5.41) is 17.5. The third-order valence-corrected chi connectivity index (χ3v) is 2.95. The predicted molar refractivity (Wildman–Crippen MR) is 75.3 cm³/mol. The maximum absolute atomic E-state index is 9.03. The zero-order chi connectivity index (χ0) is 13.9. The Morgan fingerprint density at radius 1 is 1.10 bits per heavy atom. The average Bonchev–Trinajstić information content (AvgIpc) is 2.81. The van der Waals surface area contributed by atoms with Crippen LogP contribution < -0.4 is 0 Å². The minimum absolute atomic E-state index is 0.503. The second-order valence-corrected chi connectivity index (χ2v) is 4.28.